The van der Waals surface area contributed by atoms with Crippen LogP contribution in [0.5, 0.6) is 0 Å². The van der Waals surface area contributed by atoms with Crippen LogP contribution in [0.3, 0.4) is 0 Å². The number of hydrogen-bond acceptors (Lipinski definition) is 6. The number of nitrogens with two attached hydrogens (primary N) is 1. The number of nitrogens with zero attached hydrogens (tertiary/aromatic N) is 2. The van der Waals surface area contributed by atoms with Gasteiger partial charge in [-0.1, -0.05) is 0 Å². The van der Waals surface area contributed by atoms with E-state index in [9.17, 15) is 8.42 Å². The zero-order chi connectivity index (χ0) is 14.3. The van der Waals surface area contributed by atoms with E-state index in [-0.39, 0.29) is 4.90 Å². The number of nitrogens with one attached hydrogen (secondary N) is 1. The Labute approximate surface area is 115 Å². The number of aromatic nitrogens is 1. The van der Waals surface area contributed by atoms with Gasteiger partial charge in [0, 0.05) is 24.2 Å². The van der Waals surface area contributed by atoms with E-state index < -0.39 is 10.0 Å². The fourth-order valence-corrected chi connectivity index (χ4v) is 2.88. The van der Waals surface area contributed by atoms with Crippen molar-refractivity contribution < 1.29 is 8.42 Å². The van der Waals surface area contributed by atoms with Gasteiger partial charge in [-0.15, -0.1) is 11.3 Å². The van der Waals surface area contributed by atoms with Crippen molar-refractivity contribution in [3.8, 4) is 6.07 Å². The minimum atomic E-state index is -3.56. The molecule has 0 saturated carbocycles. The second-order valence-corrected chi connectivity index (χ2v) is 5.81. The lowest BCUT2D eigenvalue weighted by Crippen LogP contribution is -2.12. The Balaban J connectivity index is 0.000000550. The predicted octanol–water partition coefficient (Wildman–Crippen LogP) is 2.06. The van der Waals surface area contributed by atoms with Crippen molar-refractivity contribution >= 4 is 32.2 Å². The van der Waals surface area contributed by atoms with Gasteiger partial charge in [0.15, 0.2) is 5.13 Å². The van der Waals surface area contributed by atoms with Gasteiger partial charge >= 0.3 is 0 Å². The molecule has 1 aromatic carbocycles. The number of nitrogen functional groups attached to an aromatic ring is 1. The van der Waals surface area contributed by atoms with E-state index in [0.29, 0.717) is 10.8 Å². The summed E-state index contributed by atoms with van der Waals surface area (Å²) >= 11 is 1.22. The summed E-state index contributed by atoms with van der Waals surface area (Å²) in [6, 6.07) is 7.73. The minimum absolute atomic E-state index is 0.164. The van der Waals surface area contributed by atoms with Crippen molar-refractivity contribution in [3.05, 3.63) is 35.8 Å². The van der Waals surface area contributed by atoms with E-state index in [1.807, 2.05) is 0 Å². The number of benzene rings is 1. The van der Waals surface area contributed by atoms with E-state index in [2.05, 4.69) is 9.71 Å². The molecule has 1 heterocycles. The van der Waals surface area contributed by atoms with Gasteiger partial charge in [0.25, 0.3) is 10.0 Å². The highest BCUT2D eigenvalue weighted by Gasteiger charge is 2.14. The van der Waals surface area contributed by atoms with Gasteiger partial charge < -0.3 is 5.73 Å². The van der Waals surface area contributed by atoms with Crippen molar-refractivity contribution in [2.75, 3.05) is 10.5 Å². The molecule has 0 spiro atoms. The largest absolute Gasteiger partial charge is 0.399 e. The van der Waals surface area contributed by atoms with Crippen LogP contribution in [0, 0.1) is 11.3 Å². The molecular weight excluding hydrogens is 284 g/mol. The molecule has 2 aromatic rings. The lowest BCUT2D eigenvalue weighted by Gasteiger charge is -2.04. The summed E-state index contributed by atoms with van der Waals surface area (Å²) in [5, 5.41) is 9.36. The normalized spacial score (nSPS) is 9.89. The third-order valence-electron chi connectivity index (χ3n) is 1.84. The Morgan fingerprint density at radius 2 is 1.95 bits per heavy atom. The van der Waals surface area contributed by atoms with Gasteiger partial charge in [0.2, 0.25) is 0 Å². The van der Waals surface area contributed by atoms with E-state index in [4.69, 9.17) is 11.0 Å². The molecule has 0 fully saturated rings. The Morgan fingerprint density at radius 3 is 2.42 bits per heavy atom. The summed E-state index contributed by atoms with van der Waals surface area (Å²) in [7, 11) is -3.56. The first-order chi connectivity index (χ1) is 8.99. The molecule has 0 saturated heterocycles. The summed E-state index contributed by atoms with van der Waals surface area (Å²) in [4.78, 5) is 4.01. The second-order valence-electron chi connectivity index (χ2n) is 3.24. The molecule has 0 aliphatic carbocycles. The van der Waals surface area contributed by atoms with Gasteiger partial charge in [-0.3, -0.25) is 4.72 Å². The minimum Gasteiger partial charge on any atom is -0.399 e. The van der Waals surface area contributed by atoms with Gasteiger partial charge in [-0.2, -0.15) is 5.26 Å². The average Bonchev–Trinajstić information content (AvgIpc) is 2.82. The molecule has 0 atom stereocenters. The first-order valence-electron chi connectivity index (χ1n) is 5.08. The standard InChI is InChI=1S/C9H9N3O2S2.C2H3N/c10-7-1-3-8(4-2-7)16(13,14)12-9-11-5-6-15-9;1-2-3/h1-6H,10H2,(H,11,12);1H3. The number of rotatable bonds is 3. The molecule has 100 valence electrons. The molecule has 3 N–H and O–H groups in total. The van der Waals surface area contributed by atoms with E-state index >= 15 is 0 Å². The molecule has 8 heteroatoms. The van der Waals surface area contributed by atoms with Crippen LogP contribution in [0.25, 0.3) is 0 Å². The monoisotopic (exact) mass is 296 g/mol. The topological polar surface area (TPSA) is 109 Å². The maximum atomic E-state index is 11.8. The highest BCUT2D eigenvalue weighted by molar-refractivity contribution is 7.93. The van der Waals surface area contributed by atoms with Gasteiger partial charge in [-0.05, 0) is 24.3 Å². The van der Waals surface area contributed by atoms with E-state index in [1.165, 1.54) is 48.7 Å². The fourth-order valence-electron chi connectivity index (χ4n) is 1.09. The van der Waals surface area contributed by atoms with Crippen LogP contribution < -0.4 is 10.5 Å². The molecule has 2 rings (SSSR count). The molecule has 0 aliphatic heterocycles. The van der Waals surface area contributed by atoms with Crippen molar-refractivity contribution in [2.45, 2.75) is 11.8 Å². The smallest absolute Gasteiger partial charge is 0.263 e. The number of nitriles is 1. The molecule has 6 nitrogen and oxygen atoms in total. The Bertz CT molecular complexity index is 643. The Hall–Kier alpha value is -2.11. The number of sulfonamides is 1. The molecule has 0 unspecified atom stereocenters. The number of hydrogen-bond donors (Lipinski definition) is 2. The fraction of sp³-hybridized carbons (Fsp3) is 0.0909. The highest BCUT2D eigenvalue weighted by Crippen LogP contribution is 2.18. The van der Waals surface area contributed by atoms with E-state index in [1.54, 1.807) is 11.4 Å². The third-order valence-corrected chi connectivity index (χ3v) is 4.02. The van der Waals surface area contributed by atoms with Crippen LogP contribution in [0.4, 0.5) is 10.8 Å². The molecule has 0 bridgehead atoms. The molecule has 0 aliphatic rings. The van der Waals surface area contributed by atoms with Gasteiger partial charge in [0.05, 0.1) is 11.0 Å². The molecule has 1 aromatic heterocycles. The Morgan fingerprint density at radius 1 is 1.37 bits per heavy atom. The number of anilines is 2. The zero-order valence-corrected chi connectivity index (χ0v) is 11.7. The lowest BCUT2D eigenvalue weighted by molar-refractivity contribution is 0.601. The van der Waals surface area contributed by atoms with Crippen LogP contribution in [0.2, 0.25) is 0 Å². The van der Waals surface area contributed by atoms with Crippen LogP contribution in [-0.4, -0.2) is 13.4 Å². The average molecular weight is 296 g/mol. The second kappa shape index (κ2) is 6.72. The first kappa shape index (κ1) is 14.9. The van der Waals surface area contributed by atoms with E-state index in [0.717, 1.165) is 0 Å². The molecule has 0 amide bonds. The SMILES string of the molecule is CC#N.Nc1ccc(S(=O)(=O)Nc2nccs2)cc1. The third kappa shape index (κ3) is 4.57. The van der Waals surface area contributed by atoms with Gasteiger partial charge in [0.1, 0.15) is 0 Å². The van der Waals surface area contributed by atoms with Crippen molar-refractivity contribution in [2.24, 2.45) is 0 Å². The molecule has 0 radical (unpaired) electrons. The van der Waals surface area contributed by atoms with Gasteiger partial charge in [-0.25, -0.2) is 13.4 Å². The predicted molar refractivity (Wildman–Crippen MR) is 75.1 cm³/mol. The number of thiazole rings is 1. The maximum Gasteiger partial charge on any atom is 0.263 e. The first-order valence-corrected chi connectivity index (χ1v) is 7.44. The highest BCUT2D eigenvalue weighted by atomic mass is 32.2. The maximum absolute atomic E-state index is 11.8. The molecule has 19 heavy (non-hydrogen) atoms. The van der Waals surface area contributed by atoms with Crippen LogP contribution in [0.1, 0.15) is 6.92 Å². The summed E-state index contributed by atoms with van der Waals surface area (Å²) < 4.78 is 26.0. The quantitative estimate of drug-likeness (QED) is 0.842. The van der Waals surface area contributed by atoms with Crippen LogP contribution in [-0.2, 0) is 10.0 Å². The van der Waals surface area contributed by atoms with Crippen LogP contribution >= 0.6 is 11.3 Å². The van der Waals surface area contributed by atoms with Crippen molar-refractivity contribution in [3.63, 3.8) is 0 Å². The van der Waals surface area contributed by atoms with Crippen molar-refractivity contribution in [1.82, 2.24) is 4.98 Å². The summed E-state index contributed by atoms with van der Waals surface area (Å²) in [6.07, 6.45) is 1.53. The molecular formula is C11H12N4O2S2. The van der Waals surface area contributed by atoms with Crippen molar-refractivity contribution in [1.29, 1.82) is 5.26 Å². The summed E-state index contributed by atoms with van der Waals surface area (Å²) in [5.41, 5.74) is 6.00. The van der Waals surface area contributed by atoms with Crippen LogP contribution in [0.15, 0.2) is 40.7 Å². The summed E-state index contributed by atoms with van der Waals surface area (Å²) in [6.45, 7) is 1.43. The zero-order valence-electron chi connectivity index (χ0n) is 10.1. The Kier molecular flexibility index (Phi) is 5.29. The lowest BCUT2D eigenvalue weighted by atomic mass is 10.3. The summed E-state index contributed by atoms with van der Waals surface area (Å²) in [5.74, 6) is 0.